The number of thiophene rings is 1. The molecule has 1 aromatic carbocycles. The van der Waals surface area contributed by atoms with Crippen molar-refractivity contribution in [2.24, 2.45) is 0 Å². The number of H-pyrrole nitrogens is 1. The number of benzene rings is 1. The summed E-state index contributed by atoms with van der Waals surface area (Å²) < 4.78 is 38.4. The number of rotatable bonds is 5. The second-order valence-corrected chi connectivity index (χ2v) is 10.0. The van der Waals surface area contributed by atoms with Gasteiger partial charge in [-0.15, -0.1) is 11.3 Å². The van der Waals surface area contributed by atoms with E-state index in [-0.39, 0.29) is 16.7 Å². The number of aromatic hydroxyl groups is 1. The minimum atomic E-state index is -4.26. The van der Waals surface area contributed by atoms with Crippen LogP contribution in [0, 0.1) is 18.3 Å². The average Bonchev–Trinajstić information content (AvgIpc) is 3.40. The first-order valence-corrected chi connectivity index (χ1v) is 12.0. The van der Waals surface area contributed by atoms with Crippen LogP contribution in [0.2, 0.25) is 0 Å². The fourth-order valence-electron chi connectivity index (χ4n) is 4.69. The Kier molecular flexibility index (Phi) is 6.02. The highest BCUT2D eigenvalue weighted by Crippen LogP contribution is 2.34. The van der Waals surface area contributed by atoms with Gasteiger partial charge in [0, 0.05) is 47.6 Å². The lowest BCUT2D eigenvalue weighted by Crippen LogP contribution is -2.39. The number of hydrogen-bond donors (Lipinski definition) is 3. The van der Waals surface area contributed by atoms with Crippen molar-refractivity contribution in [1.29, 1.82) is 5.26 Å². The van der Waals surface area contributed by atoms with Gasteiger partial charge in [0.15, 0.2) is 0 Å². The van der Waals surface area contributed by atoms with Crippen LogP contribution in [-0.4, -0.2) is 50.3 Å². The smallest absolute Gasteiger partial charge is 0.393 e. The molecule has 35 heavy (non-hydrogen) atoms. The molecule has 3 aromatic heterocycles. The van der Waals surface area contributed by atoms with Crippen LogP contribution in [-0.2, 0) is 13.0 Å². The van der Waals surface area contributed by atoms with Crippen molar-refractivity contribution in [1.82, 2.24) is 19.9 Å². The van der Waals surface area contributed by atoms with Crippen LogP contribution in [0.5, 0.6) is 5.75 Å². The highest BCUT2D eigenvalue weighted by atomic mass is 32.1. The van der Waals surface area contributed by atoms with E-state index in [2.05, 4.69) is 31.2 Å². The van der Waals surface area contributed by atoms with Gasteiger partial charge in [-0.2, -0.15) is 18.4 Å². The Hall–Kier alpha value is -3.36. The third kappa shape index (κ3) is 4.90. The molecular weight excluding hydrogens is 477 g/mol. The van der Waals surface area contributed by atoms with Crippen LogP contribution < -0.4 is 5.32 Å². The summed E-state index contributed by atoms with van der Waals surface area (Å²) in [5.41, 5.74) is 3.00. The maximum absolute atomic E-state index is 12.8. The fraction of sp³-hybridized carbons (Fsp3) is 0.375. The predicted molar refractivity (Wildman–Crippen MR) is 129 cm³/mol. The van der Waals surface area contributed by atoms with Crippen molar-refractivity contribution in [3.63, 3.8) is 0 Å². The molecular formula is C24H23F3N6OS. The highest BCUT2D eigenvalue weighted by Gasteiger charge is 2.29. The van der Waals surface area contributed by atoms with Gasteiger partial charge in [0.1, 0.15) is 34.5 Å². The molecule has 1 fully saturated rings. The van der Waals surface area contributed by atoms with Crippen LogP contribution in [0.1, 0.15) is 34.5 Å². The molecule has 1 aliphatic rings. The number of phenols is 1. The van der Waals surface area contributed by atoms with Crippen LogP contribution >= 0.6 is 11.3 Å². The molecule has 0 atom stereocenters. The second-order valence-electron chi connectivity index (χ2n) is 8.90. The van der Waals surface area contributed by atoms with Gasteiger partial charge in [0.25, 0.3) is 0 Å². The third-order valence-electron chi connectivity index (χ3n) is 6.48. The molecule has 0 spiro atoms. The van der Waals surface area contributed by atoms with E-state index in [1.54, 1.807) is 12.1 Å². The van der Waals surface area contributed by atoms with Crippen molar-refractivity contribution < 1.29 is 18.3 Å². The molecule has 4 heterocycles. The number of aromatic nitrogens is 3. The lowest BCUT2D eigenvalue weighted by Gasteiger charge is -2.33. The number of aromatic amines is 1. The molecule has 1 aliphatic heterocycles. The summed E-state index contributed by atoms with van der Waals surface area (Å²) in [6.45, 7) is 4.14. The Bertz CT molecular complexity index is 1430. The van der Waals surface area contributed by atoms with Crippen molar-refractivity contribution in [2.75, 3.05) is 18.4 Å². The maximum atomic E-state index is 12.8. The number of likely N-dealkylation sites (tertiary alicyclic amines) is 1. The Balaban J connectivity index is 1.25. The first-order valence-electron chi connectivity index (χ1n) is 11.2. The number of aryl methyl sites for hydroxylation is 1. The van der Waals surface area contributed by atoms with Crippen LogP contribution in [0.3, 0.4) is 0 Å². The fourth-order valence-corrected chi connectivity index (χ4v) is 5.72. The second kappa shape index (κ2) is 9.02. The zero-order chi connectivity index (χ0) is 24.7. The number of nitrogens with zero attached hydrogens (tertiary/aromatic N) is 4. The lowest BCUT2D eigenvalue weighted by atomic mass is 10.00. The van der Waals surface area contributed by atoms with Crippen molar-refractivity contribution in [2.45, 2.75) is 44.9 Å². The molecule has 5 rings (SSSR count). The predicted octanol–water partition coefficient (Wildman–Crippen LogP) is 5.24. The van der Waals surface area contributed by atoms with E-state index >= 15 is 0 Å². The molecule has 11 heteroatoms. The van der Waals surface area contributed by atoms with Gasteiger partial charge in [-0.25, -0.2) is 9.97 Å². The SMILES string of the molecule is Cc1c(CN2CCC(Nc3ncnc4sc(CC(F)(F)F)cc34)CC2)c(O)cc2[nH]c(C#N)cc12. The van der Waals surface area contributed by atoms with Gasteiger partial charge in [0.05, 0.1) is 17.3 Å². The number of piperidine rings is 1. The van der Waals surface area contributed by atoms with Gasteiger partial charge < -0.3 is 15.4 Å². The first-order chi connectivity index (χ1) is 16.7. The molecule has 7 nitrogen and oxygen atoms in total. The standard InChI is InChI=1S/C24H23F3N6OS/c1-13-17-6-15(10-28)31-20(17)8-21(34)19(13)11-33-4-2-14(3-5-33)32-22-18-7-16(9-24(25,26)27)35-23(18)30-12-29-22/h6-8,12,14,31,34H,2-5,9,11H2,1H3,(H,29,30,32). The normalized spacial score (nSPS) is 15.6. The molecule has 4 aromatic rings. The Morgan fingerprint density at radius 3 is 2.71 bits per heavy atom. The molecule has 0 unspecified atom stereocenters. The number of nitriles is 1. The average molecular weight is 501 g/mol. The summed E-state index contributed by atoms with van der Waals surface area (Å²) >= 11 is 1.05. The van der Waals surface area contributed by atoms with Gasteiger partial charge in [-0.05, 0) is 37.5 Å². The molecule has 0 aliphatic carbocycles. The van der Waals surface area contributed by atoms with E-state index in [0.29, 0.717) is 28.3 Å². The minimum Gasteiger partial charge on any atom is -0.508 e. The Labute approximate surface area is 203 Å². The highest BCUT2D eigenvalue weighted by molar-refractivity contribution is 7.18. The van der Waals surface area contributed by atoms with Crippen molar-refractivity contribution >= 4 is 38.3 Å². The monoisotopic (exact) mass is 500 g/mol. The molecule has 1 saturated heterocycles. The molecule has 0 radical (unpaired) electrons. The number of nitrogens with one attached hydrogen (secondary N) is 2. The van der Waals surface area contributed by atoms with E-state index in [0.717, 1.165) is 59.3 Å². The zero-order valence-corrected chi connectivity index (χ0v) is 19.7. The Morgan fingerprint density at radius 1 is 1.23 bits per heavy atom. The van der Waals surface area contributed by atoms with E-state index in [1.807, 2.05) is 6.92 Å². The number of alkyl halides is 3. The van der Waals surface area contributed by atoms with Crippen molar-refractivity contribution in [3.8, 4) is 11.8 Å². The van der Waals surface area contributed by atoms with Gasteiger partial charge in [0.2, 0.25) is 0 Å². The first kappa shape index (κ1) is 23.4. The van der Waals surface area contributed by atoms with Gasteiger partial charge in [-0.3, -0.25) is 4.90 Å². The quantitative estimate of drug-likeness (QED) is 0.347. The summed E-state index contributed by atoms with van der Waals surface area (Å²) in [6, 6.07) is 7.24. The topological polar surface area (TPSA) is 101 Å². The van der Waals surface area contributed by atoms with E-state index < -0.39 is 12.6 Å². The molecule has 0 saturated carbocycles. The third-order valence-corrected chi connectivity index (χ3v) is 7.52. The van der Waals surface area contributed by atoms with E-state index in [4.69, 9.17) is 5.26 Å². The molecule has 3 N–H and O–H groups in total. The van der Waals surface area contributed by atoms with Crippen LogP contribution in [0.15, 0.2) is 24.5 Å². The van der Waals surface area contributed by atoms with Gasteiger partial charge in [-0.1, -0.05) is 0 Å². The van der Waals surface area contributed by atoms with Crippen LogP contribution in [0.25, 0.3) is 21.1 Å². The number of fused-ring (bicyclic) bond motifs is 2. The summed E-state index contributed by atoms with van der Waals surface area (Å²) in [5.74, 6) is 0.773. The van der Waals surface area contributed by atoms with Gasteiger partial charge >= 0.3 is 6.18 Å². The summed E-state index contributed by atoms with van der Waals surface area (Å²) in [4.78, 5) is 14.5. The van der Waals surface area contributed by atoms with E-state index in [1.165, 1.54) is 12.4 Å². The number of hydrogen-bond acceptors (Lipinski definition) is 7. The minimum absolute atomic E-state index is 0.135. The molecule has 182 valence electrons. The molecule has 0 amide bonds. The zero-order valence-electron chi connectivity index (χ0n) is 18.9. The number of phenolic OH excluding ortho intramolecular Hbond substituents is 1. The van der Waals surface area contributed by atoms with E-state index in [9.17, 15) is 18.3 Å². The van der Waals surface area contributed by atoms with Crippen molar-refractivity contribution in [3.05, 3.63) is 46.2 Å². The summed E-state index contributed by atoms with van der Waals surface area (Å²) in [5, 5.41) is 24.7. The molecule has 0 bridgehead atoms. The largest absolute Gasteiger partial charge is 0.508 e. The van der Waals surface area contributed by atoms with Crippen LogP contribution in [0.4, 0.5) is 19.0 Å². The summed E-state index contributed by atoms with van der Waals surface area (Å²) in [6.07, 6.45) is -2.19. The maximum Gasteiger partial charge on any atom is 0.393 e. The lowest BCUT2D eigenvalue weighted by molar-refractivity contribution is -0.126. The number of anilines is 1. The summed E-state index contributed by atoms with van der Waals surface area (Å²) in [7, 11) is 0. The Morgan fingerprint density at radius 2 is 2.00 bits per heavy atom. The number of halogens is 3.